The minimum Gasteiger partial charge on any atom is -0.494 e. The summed E-state index contributed by atoms with van der Waals surface area (Å²) in [6.45, 7) is 6.41. The molecule has 2 heterocycles. The fourth-order valence-corrected chi connectivity index (χ4v) is 3.52. The van der Waals surface area contributed by atoms with Crippen LogP contribution in [0.4, 0.5) is 0 Å². The van der Waals surface area contributed by atoms with E-state index in [1.807, 2.05) is 38.1 Å². The molecule has 2 N–H and O–H groups in total. The van der Waals surface area contributed by atoms with Crippen LogP contribution >= 0.6 is 0 Å². The highest BCUT2D eigenvalue weighted by Gasteiger charge is 2.56. The van der Waals surface area contributed by atoms with Gasteiger partial charge in [-0.15, -0.1) is 0 Å². The molecule has 2 aliphatic heterocycles. The number of aliphatic hydroxyl groups is 2. The van der Waals surface area contributed by atoms with Crippen LogP contribution in [0.2, 0.25) is 0 Å². The molecule has 0 bridgehead atoms. The molecule has 5 atom stereocenters. The monoisotopic (exact) mass is 396 g/mol. The first-order valence-corrected chi connectivity index (χ1v) is 10.1. The quantitative estimate of drug-likeness (QED) is 0.587. The maximum Gasteiger partial charge on any atom is 0.190 e. The highest BCUT2D eigenvalue weighted by molar-refractivity contribution is 5.26. The summed E-state index contributed by atoms with van der Waals surface area (Å²) in [5.41, 5.74) is 0.972. The summed E-state index contributed by atoms with van der Waals surface area (Å²) in [4.78, 5) is 0. The molecule has 158 valence electrons. The van der Waals surface area contributed by atoms with Crippen molar-refractivity contribution < 1.29 is 33.9 Å². The molecule has 0 saturated carbocycles. The second-order valence-electron chi connectivity index (χ2n) is 7.79. The topological polar surface area (TPSA) is 86.6 Å². The van der Waals surface area contributed by atoms with Gasteiger partial charge >= 0.3 is 0 Å². The first-order chi connectivity index (χ1) is 13.4. The molecule has 0 spiro atoms. The third kappa shape index (κ3) is 5.23. The molecule has 3 rings (SSSR count). The standard InChI is InChI=1S/C21H32O7/c1-4-5-6-11-24-15-9-7-14(8-10-15)13-25-18-17(16(23)12-22)26-20-19(18)27-21(2,3)28-20/h7-10,16-20,22-23H,4-6,11-13H2,1-3H3/t16?,17-,18+,19-,20-/m1/s1. The van der Waals surface area contributed by atoms with Gasteiger partial charge in [-0.25, -0.2) is 0 Å². The third-order valence-electron chi connectivity index (χ3n) is 4.98. The first-order valence-electron chi connectivity index (χ1n) is 10.1. The van der Waals surface area contributed by atoms with Crippen molar-refractivity contribution in [3.63, 3.8) is 0 Å². The smallest absolute Gasteiger partial charge is 0.190 e. The van der Waals surface area contributed by atoms with Gasteiger partial charge in [-0.05, 0) is 38.0 Å². The minimum atomic E-state index is -1.06. The Morgan fingerprint density at radius 1 is 1.14 bits per heavy atom. The van der Waals surface area contributed by atoms with Crippen LogP contribution < -0.4 is 4.74 Å². The van der Waals surface area contributed by atoms with Gasteiger partial charge in [0.15, 0.2) is 12.1 Å². The number of ether oxygens (including phenoxy) is 5. The van der Waals surface area contributed by atoms with E-state index in [9.17, 15) is 10.2 Å². The number of unbranched alkanes of at least 4 members (excludes halogenated alkanes) is 2. The zero-order chi connectivity index (χ0) is 20.1. The van der Waals surface area contributed by atoms with Gasteiger partial charge in [-0.3, -0.25) is 0 Å². The Hall–Kier alpha value is -1.22. The molecule has 2 fully saturated rings. The zero-order valence-corrected chi connectivity index (χ0v) is 16.9. The summed E-state index contributed by atoms with van der Waals surface area (Å²) in [6.07, 6.45) is -0.00224. The second kappa shape index (κ2) is 9.52. The van der Waals surface area contributed by atoms with Crippen molar-refractivity contribution in [3.8, 4) is 5.75 Å². The lowest BCUT2D eigenvalue weighted by atomic mass is 10.1. The predicted molar refractivity (Wildman–Crippen MR) is 102 cm³/mol. The lowest BCUT2D eigenvalue weighted by Gasteiger charge is -2.28. The number of hydrogen-bond acceptors (Lipinski definition) is 7. The summed E-state index contributed by atoms with van der Waals surface area (Å²) < 4.78 is 29.1. The van der Waals surface area contributed by atoms with Gasteiger partial charge in [0, 0.05) is 0 Å². The van der Waals surface area contributed by atoms with Gasteiger partial charge < -0.3 is 33.9 Å². The summed E-state index contributed by atoms with van der Waals surface area (Å²) in [5, 5.41) is 19.4. The molecule has 1 aromatic carbocycles. The average molecular weight is 396 g/mol. The van der Waals surface area contributed by atoms with E-state index in [4.69, 9.17) is 23.7 Å². The highest BCUT2D eigenvalue weighted by Crippen LogP contribution is 2.39. The van der Waals surface area contributed by atoms with Gasteiger partial charge in [-0.2, -0.15) is 0 Å². The number of hydrogen-bond donors (Lipinski definition) is 2. The lowest BCUT2D eigenvalue weighted by Crippen LogP contribution is -2.44. The van der Waals surface area contributed by atoms with Gasteiger partial charge in [0.1, 0.15) is 30.2 Å². The Kier molecular flexibility index (Phi) is 7.31. The van der Waals surface area contributed by atoms with Gasteiger partial charge in [0.25, 0.3) is 0 Å². The van der Waals surface area contributed by atoms with Crippen LogP contribution in [0.3, 0.4) is 0 Å². The predicted octanol–water partition coefficient (Wildman–Crippen LogP) is 2.37. The number of fused-ring (bicyclic) bond motifs is 1. The molecule has 28 heavy (non-hydrogen) atoms. The summed E-state index contributed by atoms with van der Waals surface area (Å²) in [5.74, 6) is 0.0648. The first kappa shape index (κ1) is 21.5. The molecule has 0 aliphatic carbocycles. The van der Waals surface area contributed by atoms with Crippen molar-refractivity contribution in [3.05, 3.63) is 29.8 Å². The van der Waals surface area contributed by atoms with Crippen LogP contribution in [0.1, 0.15) is 45.6 Å². The van der Waals surface area contributed by atoms with Crippen LogP contribution in [0.25, 0.3) is 0 Å². The summed E-state index contributed by atoms with van der Waals surface area (Å²) in [7, 11) is 0. The maximum absolute atomic E-state index is 10.1. The zero-order valence-electron chi connectivity index (χ0n) is 16.9. The van der Waals surface area contributed by atoms with Crippen molar-refractivity contribution in [2.24, 2.45) is 0 Å². The molecule has 7 heteroatoms. The number of rotatable bonds is 10. The molecule has 1 aromatic rings. The van der Waals surface area contributed by atoms with Crippen LogP contribution in [0.15, 0.2) is 24.3 Å². The lowest BCUT2D eigenvalue weighted by molar-refractivity contribution is -0.232. The molecule has 1 unspecified atom stereocenters. The molecular weight excluding hydrogens is 364 g/mol. The van der Waals surface area contributed by atoms with E-state index in [0.29, 0.717) is 6.61 Å². The van der Waals surface area contributed by atoms with Crippen LogP contribution in [-0.4, -0.2) is 59.9 Å². The van der Waals surface area contributed by atoms with E-state index < -0.39 is 43.1 Å². The Labute approximate surface area is 166 Å². The van der Waals surface area contributed by atoms with E-state index in [-0.39, 0.29) is 0 Å². The molecular formula is C21H32O7. The van der Waals surface area contributed by atoms with E-state index >= 15 is 0 Å². The minimum absolute atomic E-state index is 0.325. The molecule has 0 aromatic heterocycles. The Morgan fingerprint density at radius 2 is 1.89 bits per heavy atom. The number of benzene rings is 1. The largest absolute Gasteiger partial charge is 0.494 e. The molecule has 7 nitrogen and oxygen atoms in total. The second-order valence-corrected chi connectivity index (χ2v) is 7.79. The molecule has 2 saturated heterocycles. The Balaban J connectivity index is 1.56. The van der Waals surface area contributed by atoms with Crippen LogP contribution in [0, 0.1) is 0 Å². The van der Waals surface area contributed by atoms with Crippen molar-refractivity contribution in [1.82, 2.24) is 0 Å². The van der Waals surface area contributed by atoms with Gasteiger partial charge in [0.05, 0.1) is 19.8 Å². The van der Waals surface area contributed by atoms with E-state index in [0.717, 1.165) is 24.3 Å². The number of aliphatic hydroxyl groups excluding tert-OH is 2. The maximum atomic E-state index is 10.1. The van der Waals surface area contributed by atoms with E-state index in [1.165, 1.54) is 12.8 Å². The van der Waals surface area contributed by atoms with Crippen molar-refractivity contribution in [1.29, 1.82) is 0 Å². The van der Waals surface area contributed by atoms with Crippen LogP contribution in [-0.2, 0) is 25.6 Å². The highest BCUT2D eigenvalue weighted by atomic mass is 16.8. The third-order valence-corrected chi connectivity index (χ3v) is 4.98. The average Bonchev–Trinajstić information content (AvgIpc) is 3.15. The van der Waals surface area contributed by atoms with E-state index in [2.05, 4.69) is 6.92 Å². The van der Waals surface area contributed by atoms with E-state index in [1.54, 1.807) is 0 Å². The van der Waals surface area contributed by atoms with Gasteiger partial charge in [0.2, 0.25) is 0 Å². The molecule has 0 radical (unpaired) electrons. The summed E-state index contributed by atoms with van der Waals surface area (Å²) >= 11 is 0. The van der Waals surface area contributed by atoms with Gasteiger partial charge in [-0.1, -0.05) is 31.9 Å². The molecule has 0 amide bonds. The van der Waals surface area contributed by atoms with Crippen molar-refractivity contribution >= 4 is 0 Å². The SMILES string of the molecule is CCCCCOc1ccc(CO[C@@H]2[C@H]3OC(C)(C)O[C@H]3O[C@@H]2C(O)CO)cc1. The fraction of sp³-hybridized carbons (Fsp3) is 0.714. The van der Waals surface area contributed by atoms with Crippen LogP contribution in [0.5, 0.6) is 5.75 Å². The molecule has 2 aliphatic rings. The summed E-state index contributed by atoms with van der Waals surface area (Å²) in [6, 6.07) is 7.76. The normalized spacial score (nSPS) is 29.6. The van der Waals surface area contributed by atoms with Crippen molar-refractivity contribution in [2.75, 3.05) is 13.2 Å². The Bertz CT molecular complexity index is 603. The van der Waals surface area contributed by atoms with Crippen molar-refractivity contribution in [2.45, 2.75) is 83.1 Å². The fourth-order valence-electron chi connectivity index (χ4n) is 3.52. The Morgan fingerprint density at radius 3 is 2.57 bits per heavy atom.